The van der Waals surface area contributed by atoms with Gasteiger partial charge in [0.1, 0.15) is 0 Å². The Morgan fingerprint density at radius 2 is 2.00 bits per heavy atom. The van der Waals surface area contributed by atoms with Crippen molar-refractivity contribution in [3.63, 3.8) is 0 Å². The lowest BCUT2D eigenvalue weighted by Gasteiger charge is -2.21. The molecular weight excluding hydrogens is 160 g/mol. The van der Waals surface area contributed by atoms with Crippen LogP contribution in [-0.2, 0) is 0 Å². The van der Waals surface area contributed by atoms with E-state index in [-0.39, 0.29) is 0 Å². The Balaban J connectivity index is 2.05. The molecule has 2 N–H and O–H groups in total. The van der Waals surface area contributed by atoms with Crippen molar-refractivity contribution >= 4 is 0 Å². The maximum Gasteiger partial charge on any atom is 0.00226 e. The summed E-state index contributed by atoms with van der Waals surface area (Å²) in [6, 6.07) is 0.353. The topological polar surface area (TPSA) is 29.3 Å². The van der Waals surface area contributed by atoms with E-state index in [1.54, 1.807) is 0 Å². The summed E-state index contributed by atoms with van der Waals surface area (Å²) in [5.74, 6) is 0.970. The van der Waals surface area contributed by atoms with E-state index in [4.69, 9.17) is 5.73 Å². The molecule has 0 heterocycles. The van der Waals surface area contributed by atoms with Gasteiger partial charge in [-0.05, 0) is 45.7 Å². The molecule has 2 heteroatoms. The quantitative estimate of drug-likeness (QED) is 0.706. The molecule has 0 aromatic heterocycles. The average Bonchev–Trinajstić information content (AvgIpc) is 2.53. The van der Waals surface area contributed by atoms with E-state index < -0.39 is 0 Å². The van der Waals surface area contributed by atoms with Crippen molar-refractivity contribution in [2.45, 2.75) is 45.1 Å². The molecule has 1 rings (SSSR count). The zero-order valence-corrected chi connectivity index (χ0v) is 9.13. The highest BCUT2D eigenvalue weighted by Crippen LogP contribution is 2.25. The van der Waals surface area contributed by atoms with Crippen LogP contribution in [0.5, 0.6) is 0 Å². The first-order valence-corrected chi connectivity index (χ1v) is 5.62. The highest BCUT2D eigenvalue weighted by Gasteiger charge is 2.16. The molecule has 13 heavy (non-hydrogen) atoms. The number of hydrogen-bond acceptors (Lipinski definition) is 2. The van der Waals surface area contributed by atoms with Gasteiger partial charge in [-0.2, -0.15) is 0 Å². The first-order valence-electron chi connectivity index (χ1n) is 5.62. The zero-order chi connectivity index (χ0) is 9.68. The predicted molar refractivity (Wildman–Crippen MR) is 57.7 cm³/mol. The van der Waals surface area contributed by atoms with Crippen LogP contribution in [0.3, 0.4) is 0 Å². The van der Waals surface area contributed by atoms with Crippen molar-refractivity contribution in [3.8, 4) is 0 Å². The van der Waals surface area contributed by atoms with E-state index >= 15 is 0 Å². The summed E-state index contributed by atoms with van der Waals surface area (Å²) in [6.45, 7) is 4.53. The van der Waals surface area contributed by atoms with Gasteiger partial charge in [-0.3, -0.25) is 0 Å². The molecule has 0 spiro atoms. The molecule has 1 saturated carbocycles. The molecule has 0 aliphatic heterocycles. The maximum absolute atomic E-state index is 5.72. The summed E-state index contributed by atoms with van der Waals surface area (Å²) in [7, 11) is 2.22. The van der Waals surface area contributed by atoms with Crippen LogP contribution in [-0.4, -0.2) is 31.1 Å². The van der Waals surface area contributed by atoms with Crippen molar-refractivity contribution < 1.29 is 0 Å². The predicted octanol–water partition coefficient (Wildman–Crippen LogP) is 1.85. The molecule has 0 bridgehead atoms. The Hall–Kier alpha value is -0.0800. The van der Waals surface area contributed by atoms with Gasteiger partial charge in [0.15, 0.2) is 0 Å². The van der Waals surface area contributed by atoms with Gasteiger partial charge < -0.3 is 10.6 Å². The molecule has 1 aliphatic carbocycles. The van der Waals surface area contributed by atoms with Gasteiger partial charge in [-0.1, -0.05) is 12.8 Å². The van der Waals surface area contributed by atoms with Gasteiger partial charge in [-0.25, -0.2) is 0 Å². The van der Waals surface area contributed by atoms with Crippen LogP contribution in [0, 0.1) is 5.92 Å². The third-order valence-corrected chi connectivity index (χ3v) is 3.01. The number of nitrogens with two attached hydrogens (primary N) is 1. The molecule has 1 atom stereocenters. The van der Waals surface area contributed by atoms with E-state index in [2.05, 4.69) is 18.9 Å². The highest BCUT2D eigenvalue weighted by molar-refractivity contribution is 4.70. The monoisotopic (exact) mass is 184 g/mol. The Morgan fingerprint density at radius 3 is 2.54 bits per heavy atom. The third-order valence-electron chi connectivity index (χ3n) is 3.01. The van der Waals surface area contributed by atoms with Crippen molar-refractivity contribution in [2.75, 3.05) is 20.1 Å². The Labute approximate surface area is 82.5 Å². The molecule has 0 aromatic rings. The summed E-state index contributed by atoms with van der Waals surface area (Å²) < 4.78 is 0. The summed E-state index contributed by atoms with van der Waals surface area (Å²) in [5, 5.41) is 0. The SMILES string of the molecule is CC(N)CCN(C)CC1CCCC1. The van der Waals surface area contributed by atoms with Crippen molar-refractivity contribution in [1.29, 1.82) is 0 Å². The minimum absolute atomic E-state index is 0.353. The number of nitrogens with zero attached hydrogens (tertiary/aromatic N) is 1. The van der Waals surface area contributed by atoms with Crippen LogP contribution in [0.1, 0.15) is 39.0 Å². The van der Waals surface area contributed by atoms with Crippen LogP contribution >= 0.6 is 0 Å². The van der Waals surface area contributed by atoms with E-state index in [9.17, 15) is 0 Å². The molecule has 0 saturated heterocycles. The van der Waals surface area contributed by atoms with Gasteiger partial charge in [0.05, 0.1) is 0 Å². The molecule has 1 fully saturated rings. The number of rotatable bonds is 5. The molecular formula is C11H24N2. The van der Waals surface area contributed by atoms with Gasteiger partial charge in [-0.15, -0.1) is 0 Å². The fourth-order valence-electron chi connectivity index (χ4n) is 2.15. The summed E-state index contributed by atoms with van der Waals surface area (Å²) >= 11 is 0. The standard InChI is InChI=1S/C11H24N2/c1-10(12)7-8-13(2)9-11-5-3-4-6-11/h10-11H,3-9,12H2,1-2H3. The highest BCUT2D eigenvalue weighted by atomic mass is 15.1. The normalized spacial score (nSPS) is 21.2. The Kier molecular flexibility index (Phi) is 4.74. The van der Waals surface area contributed by atoms with Crippen LogP contribution in [0.25, 0.3) is 0 Å². The zero-order valence-electron chi connectivity index (χ0n) is 9.13. The number of hydrogen-bond donors (Lipinski definition) is 1. The fourth-order valence-corrected chi connectivity index (χ4v) is 2.15. The minimum Gasteiger partial charge on any atom is -0.328 e. The fraction of sp³-hybridized carbons (Fsp3) is 1.00. The van der Waals surface area contributed by atoms with Gasteiger partial charge in [0.2, 0.25) is 0 Å². The van der Waals surface area contributed by atoms with Gasteiger partial charge in [0.25, 0.3) is 0 Å². The lowest BCUT2D eigenvalue weighted by atomic mass is 10.1. The van der Waals surface area contributed by atoms with Crippen LogP contribution in [0.2, 0.25) is 0 Å². The lowest BCUT2D eigenvalue weighted by molar-refractivity contribution is 0.270. The molecule has 1 unspecified atom stereocenters. The second kappa shape index (κ2) is 5.61. The minimum atomic E-state index is 0.353. The molecule has 0 aromatic carbocycles. The molecule has 0 radical (unpaired) electrons. The summed E-state index contributed by atoms with van der Waals surface area (Å²) in [4.78, 5) is 2.44. The summed E-state index contributed by atoms with van der Waals surface area (Å²) in [5.41, 5.74) is 5.72. The first-order chi connectivity index (χ1) is 6.18. The van der Waals surface area contributed by atoms with E-state index in [0.29, 0.717) is 6.04 Å². The summed E-state index contributed by atoms with van der Waals surface area (Å²) in [6.07, 6.45) is 6.92. The van der Waals surface area contributed by atoms with Crippen molar-refractivity contribution in [2.24, 2.45) is 11.7 Å². The maximum atomic E-state index is 5.72. The average molecular weight is 184 g/mol. The van der Waals surface area contributed by atoms with E-state index in [1.165, 1.54) is 32.2 Å². The molecule has 78 valence electrons. The second-order valence-corrected chi connectivity index (χ2v) is 4.68. The third kappa shape index (κ3) is 4.63. The van der Waals surface area contributed by atoms with Crippen molar-refractivity contribution in [1.82, 2.24) is 4.90 Å². The Morgan fingerprint density at radius 1 is 1.38 bits per heavy atom. The van der Waals surface area contributed by atoms with E-state index in [0.717, 1.165) is 18.9 Å². The van der Waals surface area contributed by atoms with Crippen LogP contribution in [0.4, 0.5) is 0 Å². The lowest BCUT2D eigenvalue weighted by Crippen LogP contribution is -2.29. The van der Waals surface area contributed by atoms with Gasteiger partial charge >= 0.3 is 0 Å². The smallest absolute Gasteiger partial charge is 0.00226 e. The Bertz CT molecular complexity index is 128. The molecule has 1 aliphatic rings. The van der Waals surface area contributed by atoms with Crippen LogP contribution < -0.4 is 5.73 Å². The van der Waals surface area contributed by atoms with Crippen LogP contribution in [0.15, 0.2) is 0 Å². The first kappa shape index (κ1) is 11.0. The molecule has 2 nitrogen and oxygen atoms in total. The largest absolute Gasteiger partial charge is 0.328 e. The molecule has 0 amide bonds. The second-order valence-electron chi connectivity index (χ2n) is 4.68. The van der Waals surface area contributed by atoms with Crippen molar-refractivity contribution in [3.05, 3.63) is 0 Å². The van der Waals surface area contributed by atoms with Gasteiger partial charge in [0, 0.05) is 12.6 Å². The van der Waals surface area contributed by atoms with E-state index in [1.807, 2.05) is 0 Å².